The van der Waals surface area contributed by atoms with Crippen LogP contribution in [0, 0.1) is 10.8 Å². The van der Waals surface area contributed by atoms with Gasteiger partial charge >= 0.3 is 0 Å². The van der Waals surface area contributed by atoms with Crippen molar-refractivity contribution in [2.45, 2.75) is 58.8 Å². The molecular formula is C24H30O5. The maximum atomic E-state index is 12.9. The highest BCUT2D eigenvalue weighted by Crippen LogP contribution is 2.49. The molecule has 1 aliphatic heterocycles. The minimum atomic E-state index is -0.811. The fourth-order valence-corrected chi connectivity index (χ4v) is 4.71. The molecule has 0 aromatic rings. The zero-order valence-corrected chi connectivity index (χ0v) is 18.0. The van der Waals surface area contributed by atoms with Gasteiger partial charge in [-0.25, -0.2) is 0 Å². The van der Waals surface area contributed by atoms with E-state index >= 15 is 0 Å². The van der Waals surface area contributed by atoms with Gasteiger partial charge in [0.15, 0.2) is 11.6 Å². The second kappa shape index (κ2) is 6.86. The summed E-state index contributed by atoms with van der Waals surface area (Å²) in [5, 5.41) is 0. The molecule has 4 aliphatic rings. The van der Waals surface area contributed by atoms with Crippen molar-refractivity contribution in [3.8, 4) is 0 Å². The number of methoxy groups -OCH3 is 1. The maximum Gasteiger partial charge on any atom is 0.185 e. The normalized spacial score (nSPS) is 31.2. The Balaban J connectivity index is 1.69. The van der Waals surface area contributed by atoms with Gasteiger partial charge in [-0.2, -0.15) is 0 Å². The van der Waals surface area contributed by atoms with E-state index in [1.165, 1.54) is 0 Å². The minimum Gasteiger partial charge on any atom is -0.376 e. The summed E-state index contributed by atoms with van der Waals surface area (Å²) in [6.07, 6.45) is 8.59. The first-order valence-corrected chi connectivity index (χ1v) is 10.3. The number of ketones is 2. The monoisotopic (exact) mass is 398 g/mol. The van der Waals surface area contributed by atoms with Gasteiger partial charge in [-0.3, -0.25) is 9.59 Å². The highest BCUT2D eigenvalue weighted by molar-refractivity contribution is 6.09. The van der Waals surface area contributed by atoms with Crippen LogP contribution in [-0.2, 0) is 23.8 Å². The fraction of sp³-hybridized carbons (Fsp3) is 0.583. The molecule has 0 bridgehead atoms. The lowest BCUT2D eigenvalue weighted by Crippen LogP contribution is -2.48. The molecule has 0 radical (unpaired) electrons. The van der Waals surface area contributed by atoms with Gasteiger partial charge in [0.1, 0.15) is 5.78 Å². The van der Waals surface area contributed by atoms with E-state index < -0.39 is 17.3 Å². The third kappa shape index (κ3) is 3.39. The SMILES string of the molecule is COC(CC1(C)OCC(C)(C)CO1)C1=C2C=CC3(C)C(=O)CCC3=C2C=CC1=O. The number of fused-ring (bicyclic) bond motifs is 2. The van der Waals surface area contributed by atoms with Crippen molar-refractivity contribution in [3.05, 3.63) is 46.6 Å². The van der Waals surface area contributed by atoms with Crippen molar-refractivity contribution in [2.24, 2.45) is 10.8 Å². The summed E-state index contributed by atoms with van der Waals surface area (Å²) < 4.78 is 17.9. The standard InChI is InChI=1S/C24H30O5/c1-22(2)13-28-24(4,29-14-22)12-19(27-5)21-16-10-11-23(3)17(7-9-20(23)26)15(16)6-8-18(21)25/h6,8,10-11,19H,7,9,12-14H2,1-5H3. The summed E-state index contributed by atoms with van der Waals surface area (Å²) in [5.74, 6) is -0.632. The lowest BCUT2D eigenvalue weighted by Gasteiger charge is -2.43. The number of hydrogen-bond acceptors (Lipinski definition) is 5. The molecule has 0 N–H and O–H groups in total. The number of hydrogen-bond donors (Lipinski definition) is 0. The van der Waals surface area contributed by atoms with Gasteiger partial charge < -0.3 is 14.2 Å². The molecule has 2 unspecified atom stereocenters. The molecule has 1 saturated carbocycles. The van der Waals surface area contributed by atoms with Gasteiger partial charge in [-0.1, -0.05) is 32.1 Å². The van der Waals surface area contributed by atoms with Crippen LogP contribution in [0.2, 0.25) is 0 Å². The number of carbonyl (C=O) groups is 2. The third-order valence-corrected chi connectivity index (χ3v) is 6.66. The zero-order chi connectivity index (χ0) is 21.0. The molecule has 5 nitrogen and oxygen atoms in total. The van der Waals surface area contributed by atoms with Crippen LogP contribution in [0.3, 0.4) is 0 Å². The Morgan fingerprint density at radius 3 is 2.34 bits per heavy atom. The largest absolute Gasteiger partial charge is 0.376 e. The molecule has 3 aliphatic carbocycles. The Morgan fingerprint density at radius 1 is 1.00 bits per heavy atom. The predicted octanol–water partition coefficient (Wildman–Crippen LogP) is 3.85. The van der Waals surface area contributed by atoms with Crippen molar-refractivity contribution in [3.63, 3.8) is 0 Å². The van der Waals surface area contributed by atoms with Crippen LogP contribution in [0.4, 0.5) is 0 Å². The molecule has 0 aromatic heterocycles. The van der Waals surface area contributed by atoms with E-state index in [9.17, 15) is 9.59 Å². The van der Waals surface area contributed by atoms with Gasteiger partial charge in [0.05, 0.1) is 24.7 Å². The Morgan fingerprint density at radius 2 is 1.69 bits per heavy atom. The number of carbonyl (C=O) groups excluding carboxylic acids is 2. The van der Waals surface area contributed by atoms with Gasteiger partial charge in [0, 0.05) is 30.9 Å². The first-order valence-electron chi connectivity index (χ1n) is 10.3. The highest BCUT2D eigenvalue weighted by atomic mass is 16.7. The van der Waals surface area contributed by atoms with Gasteiger partial charge in [0.25, 0.3) is 0 Å². The molecule has 1 saturated heterocycles. The van der Waals surface area contributed by atoms with Crippen molar-refractivity contribution in [2.75, 3.05) is 20.3 Å². The summed E-state index contributed by atoms with van der Waals surface area (Å²) >= 11 is 0. The molecule has 29 heavy (non-hydrogen) atoms. The fourth-order valence-electron chi connectivity index (χ4n) is 4.71. The first-order chi connectivity index (χ1) is 13.6. The summed E-state index contributed by atoms with van der Waals surface area (Å²) in [4.78, 5) is 25.4. The summed E-state index contributed by atoms with van der Waals surface area (Å²) in [6.45, 7) is 9.27. The lowest BCUT2D eigenvalue weighted by molar-refractivity contribution is -0.297. The van der Waals surface area contributed by atoms with Gasteiger partial charge in [0.2, 0.25) is 0 Å². The Labute approximate surface area is 172 Å². The molecule has 4 rings (SSSR count). The Kier molecular flexibility index (Phi) is 4.84. The second-order valence-electron chi connectivity index (χ2n) is 9.68. The highest BCUT2D eigenvalue weighted by Gasteiger charge is 2.45. The zero-order valence-electron chi connectivity index (χ0n) is 18.0. The number of allylic oxidation sites excluding steroid dienone is 7. The predicted molar refractivity (Wildman–Crippen MR) is 109 cm³/mol. The van der Waals surface area contributed by atoms with Crippen LogP contribution in [0.25, 0.3) is 0 Å². The second-order valence-corrected chi connectivity index (χ2v) is 9.68. The van der Waals surface area contributed by atoms with Crippen LogP contribution >= 0.6 is 0 Å². The van der Waals surface area contributed by atoms with E-state index in [-0.39, 0.29) is 17.0 Å². The molecule has 0 aromatic carbocycles. The van der Waals surface area contributed by atoms with Crippen molar-refractivity contribution in [1.82, 2.24) is 0 Å². The van der Waals surface area contributed by atoms with Gasteiger partial charge in [-0.15, -0.1) is 0 Å². The third-order valence-electron chi connectivity index (χ3n) is 6.66. The van der Waals surface area contributed by atoms with Gasteiger partial charge in [-0.05, 0) is 43.1 Å². The van der Waals surface area contributed by atoms with Crippen LogP contribution < -0.4 is 0 Å². The Bertz CT molecular complexity index is 875. The van der Waals surface area contributed by atoms with E-state index in [1.54, 1.807) is 13.2 Å². The molecule has 2 fully saturated rings. The molecule has 5 heteroatoms. The molecule has 156 valence electrons. The maximum absolute atomic E-state index is 12.9. The number of Topliss-reactive ketones (excluding diaryl/α,β-unsaturated/α-hetero) is 1. The Hall–Kier alpha value is -1.82. The smallest absolute Gasteiger partial charge is 0.185 e. The van der Waals surface area contributed by atoms with Crippen LogP contribution in [0.1, 0.15) is 47.0 Å². The van der Waals surface area contributed by atoms with E-state index in [0.29, 0.717) is 31.6 Å². The van der Waals surface area contributed by atoms with E-state index in [1.807, 2.05) is 32.1 Å². The molecular weight excluding hydrogens is 368 g/mol. The quantitative estimate of drug-likeness (QED) is 0.720. The summed E-state index contributed by atoms with van der Waals surface area (Å²) in [6, 6.07) is 0. The topological polar surface area (TPSA) is 61.8 Å². The lowest BCUT2D eigenvalue weighted by atomic mass is 9.72. The van der Waals surface area contributed by atoms with Crippen molar-refractivity contribution in [1.29, 1.82) is 0 Å². The molecule has 0 spiro atoms. The van der Waals surface area contributed by atoms with Crippen molar-refractivity contribution >= 4 is 11.6 Å². The summed E-state index contributed by atoms with van der Waals surface area (Å²) in [5.41, 5.74) is 3.00. The first kappa shape index (κ1) is 20.5. The molecule has 1 heterocycles. The number of rotatable bonds is 4. The summed E-state index contributed by atoms with van der Waals surface area (Å²) in [7, 11) is 1.61. The van der Waals surface area contributed by atoms with E-state index in [4.69, 9.17) is 14.2 Å². The molecule has 2 atom stereocenters. The van der Waals surface area contributed by atoms with E-state index in [0.717, 1.165) is 23.1 Å². The van der Waals surface area contributed by atoms with E-state index in [2.05, 4.69) is 13.8 Å². The van der Waals surface area contributed by atoms with Crippen LogP contribution in [0.15, 0.2) is 46.6 Å². The molecule has 0 amide bonds. The average Bonchev–Trinajstić information content (AvgIpc) is 2.98. The minimum absolute atomic E-state index is 0.0312. The average molecular weight is 398 g/mol. The van der Waals surface area contributed by atoms with Crippen molar-refractivity contribution < 1.29 is 23.8 Å². The van der Waals surface area contributed by atoms with Crippen LogP contribution in [0.5, 0.6) is 0 Å². The van der Waals surface area contributed by atoms with Crippen LogP contribution in [-0.4, -0.2) is 43.8 Å². The number of ether oxygens (including phenoxy) is 3.